The lowest BCUT2D eigenvalue weighted by Crippen LogP contribution is -2.36. The molecule has 2 N–H and O–H groups in total. The summed E-state index contributed by atoms with van der Waals surface area (Å²) in [5, 5.41) is 15.8. The van der Waals surface area contributed by atoms with Crippen LogP contribution in [0.25, 0.3) is 10.8 Å². The highest BCUT2D eigenvalue weighted by molar-refractivity contribution is 5.83. The molecule has 3 nitrogen and oxygen atoms in total. The second-order valence-electron chi connectivity index (χ2n) is 5.86. The second-order valence-corrected chi connectivity index (χ2v) is 5.86. The number of fused-ring (bicyclic) bond motifs is 1. The maximum absolute atomic E-state index is 10.00. The van der Waals surface area contributed by atoms with E-state index in [0.717, 1.165) is 11.1 Å². The molecule has 0 saturated heterocycles. The zero-order valence-corrected chi connectivity index (χ0v) is 12.3. The van der Waals surface area contributed by atoms with Crippen LogP contribution < -0.4 is 10.1 Å². The van der Waals surface area contributed by atoms with Gasteiger partial charge in [0.1, 0.15) is 18.5 Å². The Balaban J connectivity index is 1.48. The number of benzene rings is 2. The summed E-state index contributed by atoms with van der Waals surface area (Å²) >= 11 is 0. The fraction of sp³-hybridized carbons (Fsp3) is 0.444. The molecule has 0 amide bonds. The number of hydrogen-bond donors (Lipinski definition) is 2. The molecule has 0 aromatic heterocycles. The van der Waals surface area contributed by atoms with E-state index in [0.29, 0.717) is 19.2 Å². The summed E-state index contributed by atoms with van der Waals surface area (Å²) in [4.78, 5) is 0. The molecule has 0 bridgehead atoms. The van der Waals surface area contributed by atoms with E-state index in [2.05, 4.69) is 17.4 Å². The molecule has 112 valence electrons. The third-order valence-corrected chi connectivity index (χ3v) is 4.16. The van der Waals surface area contributed by atoms with Crippen molar-refractivity contribution in [2.45, 2.75) is 37.8 Å². The van der Waals surface area contributed by atoms with Gasteiger partial charge in [-0.2, -0.15) is 0 Å². The van der Waals surface area contributed by atoms with Crippen molar-refractivity contribution in [1.82, 2.24) is 5.32 Å². The van der Waals surface area contributed by atoms with Crippen LogP contribution in [0, 0.1) is 0 Å². The lowest BCUT2D eigenvalue weighted by molar-refractivity contribution is 0.104. The summed E-state index contributed by atoms with van der Waals surface area (Å²) < 4.78 is 5.70. The Morgan fingerprint density at radius 1 is 1.10 bits per heavy atom. The molecule has 0 unspecified atom stereocenters. The molecule has 1 atom stereocenters. The Morgan fingerprint density at radius 3 is 2.67 bits per heavy atom. The fourth-order valence-electron chi connectivity index (χ4n) is 2.94. The minimum atomic E-state index is -0.461. The predicted octanol–water partition coefficient (Wildman–Crippen LogP) is 3.11. The van der Waals surface area contributed by atoms with Crippen LogP contribution >= 0.6 is 0 Å². The van der Waals surface area contributed by atoms with Crippen molar-refractivity contribution in [2.24, 2.45) is 0 Å². The van der Waals surface area contributed by atoms with Gasteiger partial charge in [-0.3, -0.25) is 0 Å². The van der Waals surface area contributed by atoms with Crippen molar-refractivity contribution in [1.29, 1.82) is 0 Å². The van der Waals surface area contributed by atoms with Gasteiger partial charge in [0.2, 0.25) is 0 Å². The Hall–Kier alpha value is -1.58. The van der Waals surface area contributed by atoms with Gasteiger partial charge in [-0.1, -0.05) is 43.2 Å². The normalized spacial score (nSPS) is 17.2. The molecule has 0 radical (unpaired) electrons. The zero-order valence-electron chi connectivity index (χ0n) is 12.3. The van der Waals surface area contributed by atoms with Crippen molar-refractivity contribution < 1.29 is 9.84 Å². The molecule has 1 aliphatic carbocycles. The molecule has 0 spiro atoms. The standard InChI is InChI=1S/C18H23NO2/c20-17(12-19-16-7-3-4-8-16)13-21-18-10-9-14-5-1-2-6-15(14)11-18/h1-2,5-6,9-11,16-17,19-20H,3-4,7-8,12-13H2/t17-/m1/s1. The van der Waals surface area contributed by atoms with Gasteiger partial charge in [-0.15, -0.1) is 0 Å². The molecule has 3 heteroatoms. The molecule has 1 saturated carbocycles. The average molecular weight is 285 g/mol. The Kier molecular flexibility index (Phi) is 4.73. The summed E-state index contributed by atoms with van der Waals surface area (Å²) in [7, 11) is 0. The van der Waals surface area contributed by atoms with Crippen molar-refractivity contribution in [3.63, 3.8) is 0 Å². The summed E-state index contributed by atoms with van der Waals surface area (Å²) in [6.45, 7) is 0.941. The van der Waals surface area contributed by atoms with E-state index >= 15 is 0 Å². The van der Waals surface area contributed by atoms with E-state index < -0.39 is 6.10 Å². The van der Waals surface area contributed by atoms with Crippen molar-refractivity contribution >= 4 is 10.8 Å². The van der Waals surface area contributed by atoms with Crippen molar-refractivity contribution in [2.75, 3.05) is 13.2 Å². The highest BCUT2D eigenvalue weighted by atomic mass is 16.5. The fourth-order valence-corrected chi connectivity index (χ4v) is 2.94. The third-order valence-electron chi connectivity index (χ3n) is 4.16. The molecular weight excluding hydrogens is 262 g/mol. The summed E-state index contributed by atoms with van der Waals surface area (Å²) in [5.74, 6) is 0.814. The first kappa shape index (κ1) is 14.4. The van der Waals surface area contributed by atoms with E-state index in [9.17, 15) is 5.11 Å². The van der Waals surface area contributed by atoms with E-state index in [-0.39, 0.29) is 0 Å². The van der Waals surface area contributed by atoms with Crippen LogP contribution in [-0.2, 0) is 0 Å². The largest absolute Gasteiger partial charge is 0.491 e. The van der Waals surface area contributed by atoms with Crippen LogP contribution in [0.4, 0.5) is 0 Å². The van der Waals surface area contributed by atoms with Crippen molar-refractivity contribution in [3.8, 4) is 5.75 Å². The lowest BCUT2D eigenvalue weighted by Gasteiger charge is -2.16. The van der Waals surface area contributed by atoms with E-state index in [1.165, 1.54) is 31.1 Å². The maximum atomic E-state index is 10.00. The SMILES string of the molecule is O[C@H](CNC1CCCC1)COc1ccc2ccccc2c1. The quantitative estimate of drug-likeness (QED) is 0.857. The Bertz CT molecular complexity index is 578. The average Bonchev–Trinajstić information content (AvgIpc) is 3.04. The number of hydrogen-bond acceptors (Lipinski definition) is 3. The van der Waals surface area contributed by atoms with Gasteiger partial charge in [0.25, 0.3) is 0 Å². The smallest absolute Gasteiger partial charge is 0.120 e. The van der Waals surface area contributed by atoms with Crippen LogP contribution in [-0.4, -0.2) is 30.4 Å². The van der Waals surface area contributed by atoms with Gasteiger partial charge in [-0.25, -0.2) is 0 Å². The molecule has 3 rings (SSSR count). The van der Waals surface area contributed by atoms with Gasteiger partial charge in [0.15, 0.2) is 0 Å². The Morgan fingerprint density at radius 2 is 1.86 bits per heavy atom. The van der Waals surface area contributed by atoms with Gasteiger partial charge in [0.05, 0.1) is 0 Å². The van der Waals surface area contributed by atoms with E-state index in [1.807, 2.05) is 30.3 Å². The van der Waals surface area contributed by atoms with E-state index in [1.54, 1.807) is 0 Å². The minimum absolute atomic E-state index is 0.331. The van der Waals surface area contributed by atoms with Gasteiger partial charge < -0.3 is 15.2 Å². The minimum Gasteiger partial charge on any atom is -0.491 e. The first-order chi connectivity index (χ1) is 10.3. The molecule has 2 aromatic carbocycles. The molecule has 2 aromatic rings. The number of ether oxygens (including phenoxy) is 1. The Labute approximate surface area is 125 Å². The number of nitrogens with one attached hydrogen (secondary N) is 1. The van der Waals surface area contributed by atoms with Gasteiger partial charge in [0, 0.05) is 12.6 Å². The predicted molar refractivity (Wildman–Crippen MR) is 85.7 cm³/mol. The van der Waals surface area contributed by atoms with Crippen LogP contribution in [0.3, 0.4) is 0 Å². The van der Waals surface area contributed by atoms with Crippen LogP contribution in [0.1, 0.15) is 25.7 Å². The number of aliphatic hydroxyl groups is 1. The van der Waals surface area contributed by atoms with E-state index in [4.69, 9.17) is 4.74 Å². The molecular formula is C18H23NO2. The first-order valence-corrected chi connectivity index (χ1v) is 7.84. The monoisotopic (exact) mass is 285 g/mol. The molecule has 1 fully saturated rings. The number of aliphatic hydroxyl groups excluding tert-OH is 1. The highest BCUT2D eigenvalue weighted by Crippen LogP contribution is 2.21. The van der Waals surface area contributed by atoms with Crippen LogP contribution in [0.15, 0.2) is 42.5 Å². The molecule has 0 aliphatic heterocycles. The summed E-state index contributed by atoms with van der Waals surface area (Å²) in [5.41, 5.74) is 0. The molecule has 21 heavy (non-hydrogen) atoms. The van der Waals surface area contributed by atoms with Gasteiger partial charge in [-0.05, 0) is 35.7 Å². The number of rotatable bonds is 6. The summed E-state index contributed by atoms with van der Waals surface area (Å²) in [6, 6.07) is 14.8. The van der Waals surface area contributed by atoms with Crippen LogP contribution in [0.2, 0.25) is 0 Å². The zero-order chi connectivity index (χ0) is 14.5. The maximum Gasteiger partial charge on any atom is 0.120 e. The molecule has 1 aliphatic rings. The highest BCUT2D eigenvalue weighted by Gasteiger charge is 2.15. The van der Waals surface area contributed by atoms with Gasteiger partial charge >= 0.3 is 0 Å². The molecule has 0 heterocycles. The summed E-state index contributed by atoms with van der Waals surface area (Å²) in [6.07, 6.45) is 4.62. The topological polar surface area (TPSA) is 41.5 Å². The van der Waals surface area contributed by atoms with Crippen LogP contribution in [0.5, 0.6) is 5.75 Å². The van der Waals surface area contributed by atoms with Crippen molar-refractivity contribution in [3.05, 3.63) is 42.5 Å². The lowest BCUT2D eigenvalue weighted by atomic mass is 10.1. The first-order valence-electron chi connectivity index (χ1n) is 7.84. The third kappa shape index (κ3) is 3.96. The second kappa shape index (κ2) is 6.92.